The molecule has 1 N–H and O–H groups in total. The molecular weight excluding hydrogens is 246 g/mol. The molecule has 0 bridgehead atoms. The Balaban J connectivity index is 1.85. The summed E-state index contributed by atoms with van der Waals surface area (Å²) in [5.41, 5.74) is 0.518. The first kappa shape index (κ1) is 13.5. The number of esters is 2. The number of nitrogens with one attached hydrogen (secondary N) is 1. The molecule has 1 aliphatic rings. The molecule has 2 rings (SSSR count). The minimum absolute atomic E-state index is 0.128. The Hall–Kier alpha value is -1.88. The minimum Gasteiger partial charge on any atom is -0.461 e. The zero-order chi connectivity index (χ0) is 13.7. The maximum absolute atomic E-state index is 11.8. The van der Waals surface area contributed by atoms with Gasteiger partial charge in [-0.15, -0.1) is 0 Å². The number of benzene rings is 1. The Morgan fingerprint density at radius 1 is 1.32 bits per heavy atom. The fourth-order valence-electron chi connectivity index (χ4n) is 2.09. The highest BCUT2D eigenvalue weighted by Crippen LogP contribution is 2.13. The Kier molecular flexibility index (Phi) is 4.52. The maximum atomic E-state index is 11.8. The van der Waals surface area contributed by atoms with Crippen molar-refractivity contribution >= 4 is 11.9 Å². The molecule has 1 aromatic rings. The molecule has 0 radical (unpaired) electrons. The second-order valence-electron chi connectivity index (χ2n) is 4.46. The first-order valence-corrected chi connectivity index (χ1v) is 6.29. The van der Waals surface area contributed by atoms with E-state index in [-0.39, 0.29) is 30.7 Å². The number of hydrogen-bond acceptors (Lipinski definition) is 5. The lowest BCUT2D eigenvalue weighted by Gasteiger charge is -2.19. The number of rotatable bonds is 4. The van der Waals surface area contributed by atoms with E-state index in [0.717, 1.165) is 13.0 Å². The van der Waals surface area contributed by atoms with Gasteiger partial charge < -0.3 is 14.8 Å². The second kappa shape index (κ2) is 6.33. The summed E-state index contributed by atoms with van der Waals surface area (Å²) in [5.74, 6) is -0.677. The minimum atomic E-state index is -0.365. The number of carbonyl (C=O) groups excluding carboxylic acids is 2. The van der Waals surface area contributed by atoms with Gasteiger partial charge in [0.2, 0.25) is 0 Å². The average molecular weight is 263 g/mol. The lowest BCUT2D eigenvalue weighted by Crippen LogP contribution is -2.38. The molecule has 1 fully saturated rings. The fraction of sp³-hybridized carbons (Fsp3) is 0.429. The van der Waals surface area contributed by atoms with Crippen molar-refractivity contribution in [3.8, 4) is 0 Å². The molecule has 1 aromatic carbocycles. The van der Waals surface area contributed by atoms with Gasteiger partial charge in [0.15, 0.2) is 0 Å². The zero-order valence-electron chi connectivity index (χ0n) is 10.8. The standard InChI is InChI=1S/C14H17NO4/c1-10(16)19-13-7-8-15-12(13)9-18-14(17)11-5-3-2-4-6-11/h2-6,12-13,15H,7-9H2,1H3/t12-,13-/m0/s1. The molecule has 102 valence electrons. The highest BCUT2D eigenvalue weighted by Gasteiger charge is 2.30. The van der Waals surface area contributed by atoms with Crippen LogP contribution in [-0.4, -0.2) is 37.2 Å². The van der Waals surface area contributed by atoms with Crippen molar-refractivity contribution in [1.29, 1.82) is 0 Å². The van der Waals surface area contributed by atoms with E-state index in [1.807, 2.05) is 6.07 Å². The van der Waals surface area contributed by atoms with E-state index >= 15 is 0 Å². The van der Waals surface area contributed by atoms with E-state index in [4.69, 9.17) is 9.47 Å². The lowest BCUT2D eigenvalue weighted by molar-refractivity contribution is -0.147. The van der Waals surface area contributed by atoms with Crippen molar-refractivity contribution in [2.75, 3.05) is 13.2 Å². The summed E-state index contributed by atoms with van der Waals surface area (Å²) >= 11 is 0. The summed E-state index contributed by atoms with van der Waals surface area (Å²) in [4.78, 5) is 22.7. The van der Waals surface area contributed by atoms with Gasteiger partial charge in [-0.3, -0.25) is 4.79 Å². The number of carbonyl (C=O) groups is 2. The summed E-state index contributed by atoms with van der Waals surface area (Å²) in [6.07, 6.45) is 0.522. The van der Waals surface area contributed by atoms with E-state index in [9.17, 15) is 9.59 Å². The highest BCUT2D eigenvalue weighted by atomic mass is 16.6. The summed E-state index contributed by atoms with van der Waals surface area (Å²) in [6, 6.07) is 8.68. The van der Waals surface area contributed by atoms with Crippen LogP contribution >= 0.6 is 0 Å². The molecule has 2 atom stereocenters. The first-order chi connectivity index (χ1) is 9.16. The van der Waals surface area contributed by atoms with Gasteiger partial charge in [0.1, 0.15) is 12.7 Å². The van der Waals surface area contributed by atoms with Crippen molar-refractivity contribution < 1.29 is 19.1 Å². The van der Waals surface area contributed by atoms with E-state index in [2.05, 4.69) is 5.32 Å². The molecule has 0 amide bonds. The normalized spacial score (nSPS) is 21.9. The molecule has 1 saturated heterocycles. The van der Waals surface area contributed by atoms with Crippen LogP contribution in [0, 0.1) is 0 Å². The third-order valence-electron chi connectivity index (χ3n) is 3.00. The molecule has 1 aliphatic heterocycles. The average Bonchev–Trinajstić information content (AvgIpc) is 2.83. The summed E-state index contributed by atoms with van der Waals surface area (Å²) < 4.78 is 10.4. The fourth-order valence-corrected chi connectivity index (χ4v) is 2.09. The second-order valence-corrected chi connectivity index (χ2v) is 4.46. The van der Waals surface area contributed by atoms with Crippen LogP contribution in [0.5, 0.6) is 0 Å². The molecule has 5 heteroatoms. The van der Waals surface area contributed by atoms with Gasteiger partial charge in [-0.05, 0) is 25.1 Å². The van der Waals surface area contributed by atoms with Gasteiger partial charge in [-0.25, -0.2) is 4.79 Å². The van der Waals surface area contributed by atoms with Crippen LogP contribution in [0.1, 0.15) is 23.7 Å². The Bertz CT molecular complexity index is 446. The van der Waals surface area contributed by atoms with E-state index in [0.29, 0.717) is 5.56 Å². The van der Waals surface area contributed by atoms with Gasteiger partial charge in [0, 0.05) is 6.92 Å². The largest absolute Gasteiger partial charge is 0.461 e. The summed E-state index contributed by atoms with van der Waals surface area (Å²) in [6.45, 7) is 2.34. The summed E-state index contributed by atoms with van der Waals surface area (Å²) in [7, 11) is 0. The van der Waals surface area contributed by atoms with Gasteiger partial charge in [0.05, 0.1) is 11.6 Å². The Morgan fingerprint density at radius 2 is 2.05 bits per heavy atom. The molecule has 5 nitrogen and oxygen atoms in total. The predicted octanol–water partition coefficient (Wildman–Crippen LogP) is 1.14. The maximum Gasteiger partial charge on any atom is 0.338 e. The van der Waals surface area contributed by atoms with Crippen molar-refractivity contribution in [2.24, 2.45) is 0 Å². The van der Waals surface area contributed by atoms with Crippen LogP contribution in [0.25, 0.3) is 0 Å². The molecule has 0 aromatic heterocycles. The molecule has 0 unspecified atom stereocenters. The van der Waals surface area contributed by atoms with Crippen molar-refractivity contribution in [1.82, 2.24) is 5.32 Å². The van der Waals surface area contributed by atoms with Crippen LogP contribution in [0.4, 0.5) is 0 Å². The number of hydrogen-bond donors (Lipinski definition) is 1. The van der Waals surface area contributed by atoms with Crippen molar-refractivity contribution in [3.05, 3.63) is 35.9 Å². The highest BCUT2D eigenvalue weighted by molar-refractivity contribution is 5.89. The monoisotopic (exact) mass is 263 g/mol. The van der Waals surface area contributed by atoms with Crippen LogP contribution in [-0.2, 0) is 14.3 Å². The first-order valence-electron chi connectivity index (χ1n) is 6.29. The van der Waals surface area contributed by atoms with Gasteiger partial charge in [-0.1, -0.05) is 18.2 Å². The van der Waals surface area contributed by atoms with Gasteiger partial charge >= 0.3 is 11.9 Å². The third-order valence-corrected chi connectivity index (χ3v) is 3.00. The van der Waals surface area contributed by atoms with Gasteiger partial charge in [-0.2, -0.15) is 0 Å². The molecule has 0 saturated carbocycles. The van der Waals surface area contributed by atoms with E-state index in [1.165, 1.54) is 6.92 Å². The molecule has 0 aliphatic carbocycles. The molecule has 0 spiro atoms. The van der Waals surface area contributed by atoms with Crippen molar-refractivity contribution in [3.63, 3.8) is 0 Å². The molecular formula is C14H17NO4. The van der Waals surface area contributed by atoms with E-state index in [1.54, 1.807) is 24.3 Å². The van der Waals surface area contributed by atoms with Crippen LogP contribution < -0.4 is 5.32 Å². The third kappa shape index (κ3) is 3.79. The zero-order valence-corrected chi connectivity index (χ0v) is 10.8. The summed E-state index contributed by atoms with van der Waals surface area (Å²) in [5, 5.41) is 3.16. The predicted molar refractivity (Wildman–Crippen MR) is 68.7 cm³/mol. The quantitative estimate of drug-likeness (QED) is 0.825. The Labute approximate surface area is 111 Å². The molecule has 1 heterocycles. The Morgan fingerprint density at radius 3 is 2.74 bits per heavy atom. The van der Waals surface area contributed by atoms with Crippen LogP contribution in [0.2, 0.25) is 0 Å². The van der Waals surface area contributed by atoms with Crippen molar-refractivity contribution in [2.45, 2.75) is 25.5 Å². The number of ether oxygens (including phenoxy) is 2. The topological polar surface area (TPSA) is 64.6 Å². The SMILES string of the molecule is CC(=O)O[C@H]1CCN[C@H]1COC(=O)c1ccccc1. The van der Waals surface area contributed by atoms with Crippen LogP contribution in [0.3, 0.4) is 0 Å². The van der Waals surface area contributed by atoms with E-state index < -0.39 is 0 Å². The smallest absolute Gasteiger partial charge is 0.338 e. The van der Waals surface area contributed by atoms with Crippen LogP contribution in [0.15, 0.2) is 30.3 Å². The molecule has 19 heavy (non-hydrogen) atoms. The van der Waals surface area contributed by atoms with Gasteiger partial charge in [0.25, 0.3) is 0 Å². The lowest BCUT2D eigenvalue weighted by atomic mass is 10.2.